The summed E-state index contributed by atoms with van der Waals surface area (Å²) in [5.41, 5.74) is 6.06. The van der Waals surface area contributed by atoms with Crippen molar-refractivity contribution < 1.29 is 4.79 Å². The van der Waals surface area contributed by atoms with E-state index in [9.17, 15) is 4.79 Å². The molecular formula is C9H15N5O. The van der Waals surface area contributed by atoms with E-state index in [4.69, 9.17) is 5.73 Å². The molecule has 0 bridgehead atoms. The Kier molecular flexibility index (Phi) is 3.99. The van der Waals surface area contributed by atoms with Crippen molar-refractivity contribution in [2.45, 2.75) is 6.54 Å². The second kappa shape index (κ2) is 5.26. The average molecular weight is 209 g/mol. The van der Waals surface area contributed by atoms with E-state index in [0.29, 0.717) is 5.95 Å². The van der Waals surface area contributed by atoms with E-state index >= 15 is 0 Å². The Balaban J connectivity index is 2.66. The van der Waals surface area contributed by atoms with Crippen molar-refractivity contribution in [3.8, 4) is 0 Å². The predicted molar refractivity (Wildman–Crippen MR) is 57.3 cm³/mol. The average Bonchev–Trinajstić information content (AvgIpc) is 2.18. The Hall–Kier alpha value is -1.69. The van der Waals surface area contributed by atoms with Crippen molar-refractivity contribution in [2.24, 2.45) is 5.73 Å². The number of likely N-dealkylation sites (N-methyl/N-ethyl adjacent to an activating group) is 1. The molecule has 15 heavy (non-hydrogen) atoms. The normalized spacial score (nSPS) is 10.0. The van der Waals surface area contributed by atoms with Gasteiger partial charge in [-0.3, -0.25) is 4.79 Å². The van der Waals surface area contributed by atoms with Crippen LogP contribution < -0.4 is 16.0 Å². The molecule has 6 heteroatoms. The molecule has 0 saturated heterocycles. The van der Waals surface area contributed by atoms with E-state index in [0.717, 1.165) is 12.1 Å². The molecule has 0 aliphatic rings. The summed E-state index contributed by atoms with van der Waals surface area (Å²) in [6.07, 6.45) is 3.44. The molecule has 1 aromatic heterocycles. The summed E-state index contributed by atoms with van der Waals surface area (Å²) < 4.78 is 0. The van der Waals surface area contributed by atoms with Gasteiger partial charge >= 0.3 is 0 Å². The van der Waals surface area contributed by atoms with Crippen molar-refractivity contribution >= 4 is 11.9 Å². The maximum atomic E-state index is 10.7. The smallest absolute Gasteiger partial charge is 0.237 e. The molecule has 0 aliphatic heterocycles. The van der Waals surface area contributed by atoms with E-state index in [1.54, 1.807) is 24.3 Å². The minimum absolute atomic E-state index is 0.116. The van der Waals surface area contributed by atoms with Crippen LogP contribution in [0.3, 0.4) is 0 Å². The molecule has 0 atom stereocenters. The second-order valence-electron chi connectivity index (χ2n) is 3.24. The number of hydrogen-bond donors (Lipinski definition) is 2. The number of nitrogens with zero attached hydrogens (tertiary/aromatic N) is 3. The number of carbonyl (C=O) groups excluding carboxylic acids is 1. The summed E-state index contributed by atoms with van der Waals surface area (Å²) in [6.45, 7) is 0.838. The van der Waals surface area contributed by atoms with Crippen LogP contribution in [-0.2, 0) is 11.3 Å². The van der Waals surface area contributed by atoms with Crippen molar-refractivity contribution in [2.75, 3.05) is 25.5 Å². The van der Waals surface area contributed by atoms with Gasteiger partial charge in [-0.15, -0.1) is 0 Å². The van der Waals surface area contributed by atoms with Crippen LogP contribution >= 0.6 is 0 Å². The highest BCUT2D eigenvalue weighted by atomic mass is 16.1. The number of primary amides is 1. The fourth-order valence-corrected chi connectivity index (χ4v) is 1.14. The van der Waals surface area contributed by atoms with Gasteiger partial charge in [-0.1, -0.05) is 0 Å². The Morgan fingerprint density at radius 3 is 2.60 bits per heavy atom. The third kappa shape index (κ3) is 3.51. The Morgan fingerprint density at radius 2 is 2.13 bits per heavy atom. The maximum Gasteiger partial charge on any atom is 0.237 e. The third-order valence-corrected chi connectivity index (χ3v) is 1.81. The second-order valence-corrected chi connectivity index (χ2v) is 3.24. The Bertz CT molecular complexity index is 324. The fraction of sp³-hybridized carbons (Fsp3) is 0.444. The third-order valence-electron chi connectivity index (χ3n) is 1.81. The summed E-state index contributed by atoms with van der Waals surface area (Å²) in [4.78, 5) is 20.5. The van der Waals surface area contributed by atoms with Gasteiger partial charge in [-0.25, -0.2) is 9.97 Å². The number of carbonyl (C=O) groups is 1. The topological polar surface area (TPSA) is 84.1 Å². The number of aromatic nitrogens is 2. The summed E-state index contributed by atoms with van der Waals surface area (Å²) >= 11 is 0. The van der Waals surface area contributed by atoms with Gasteiger partial charge in [0.2, 0.25) is 11.9 Å². The summed E-state index contributed by atoms with van der Waals surface area (Å²) in [5.74, 6) is 0.0917. The maximum absolute atomic E-state index is 10.7. The number of amides is 1. The quantitative estimate of drug-likeness (QED) is 0.657. The standard InChI is InChI=1S/C9H15N5O/c1-11-3-7-4-12-9(13-5-7)14(2)6-8(10)15/h4-5,11H,3,6H2,1-2H3,(H2,10,15). The first-order valence-electron chi connectivity index (χ1n) is 4.58. The van der Waals surface area contributed by atoms with Crippen LogP contribution in [0, 0.1) is 0 Å². The molecule has 3 N–H and O–H groups in total. The van der Waals surface area contributed by atoms with Gasteiger partial charge in [0.1, 0.15) is 0 Å². The van der Waals surface area contributed by atoms with Crippen LogP contribution in [0.15, 0.2) is 12.4 Å². The number of rotatable bonds is 5. The fourth-order valence-electron chi connectivity index (χ4n) is 1.14. The molecule has 0 aliphatic carbocycles. The molecule has 1 heterocycles. The molecule has 0 fully saturated rings. The number of hydrogen-bond acceptors (Lipinski definition) is 5. The molecule has 82 valence electrons. The lowest BCUT2D eigenvalue weighted by atomic mass is 10.3. The van der Waals surface area contributed by atoms with E-state index < -0.39 is 5.91 Å². The van der Waals surface area contributed by atoms with Gasteiger partial charge in [0.05, 0.1) is 6.54 Å². The molecule has 0 radical (unpaired) electrons. The minimum atomic E-state index is -0.402. The summed E-state index contributed by atoms with van der Waals surface area (Å²) in [6, 6.07) is 0. The number of anilines is 1. The zero-order chi connectivity index (χ0) is 11.3. The minimum Gasteiger partial charge on any atom is -0.368 e. The van der Waals surface area contributed by atoms with Gasteiger partial charge in [0.25, 0.3) is 0 Å². The molecule has 0 spiro atoms. The highest BCUT2D eigenvalue weighted by Crippen LogP contribution is 2.03. The van der Waals surface area contributed by atoms with Crippen LogP contribution in [0.25, 0.3) is 0 Å². The van der Waals surface area contributed by atoms with E-state index in [1.165, 1.54) is 0 Å². The van der Waals surface area contributed by atoms with Crippen LogP contribution in [0.2, 0.25) is 0 Å². The van der Waals surface area contributed by atoms with E-state index in [1.807, 2.05) is 7.05 Å². The van der Waals surface area contributed by atoms with Gasteiger partial charge in [0.15, 0.2) is 0 Å². The first kappa shape index (κ1) is 11.4. The van der Waals surface area contributed by atoms with E-state index in [2.05, 4.69) is 15.3 Å². The van der Waals surface area contributed by atoms with Crippen LogP contribution in [0.4, 0.5) is 5.95 Å². The lowest BCUT2D eigenvalue weighted by molar-refractivity contribution is -0.116. The van der Waals surface area contributed by atoms with Crippen molar-refractivity contribution in [3.63, 3.8) is 0 Å². The van der Waals surface area contributed by atoms with Crippen molar-refractivity contribution in [3.05, 3.63) is 18.0 Å². The zero-order valence-electron chi connectivity index (χ0n) is 8.90. The molecule has 1 aromatic rings. The van der Waals surface area contributed by atoms with Crippen molar-refractivity contribution in [1.82, 2.24) is 15.3 Å². The highest BCUT2D eigenvalue weighted by Gasteiger charge is 2.06. The lowest BCUT2D eigenvalue weighted by Gasteiger charge is -2.14. The first-order chi connectivity index (χ1) is 7.13. The summed E-state index contributed by atoms with van der Waals surface area (Å²) in [7, 11) is 3.57. The van der Waals surface area contributed by atoms with Gasteiger partial charge in [-0.2, -0.15) is 0 Å². The zero-order valence-corrected chi connectivity index (χ0v) is 8.90. The molecule has 0 unspecified atom stereocenters. The van der Waals surface area contributed by atoms with Gasteiger partial charge < -0.3 is 16.0 Å². The summed E-state index contributed by atoms with van der Waals surface area (Å²) in [5, 5.41) is 3.00. The van der Waals surface area contributed by atoms with E-state index in [-0.39, 0.29) is 6.54 Å². The molecule has 1 rings (SSSR count). The Morgan fingerprint density at radius 1 is 1.53 bits per heavy atom. The van der Waals surface area contributed by atoms with Crippen molar-refractivity contribution in [1.29, 1.82) is 0 Å². The molecule has 1 amide bonds. The molecule has 0 aromatic carbocycles. The van der Waals surface area contributed by atoms with Crippen LogP contribution in [0.1, 0.15) is 5.56 Å². The van der Waals surface area contributed by atoms with Gasteiger partial charge in [0, 0.05) is 31.5 Å². The first-order valence-corrected chi connectivity index (χ1v) is 4.58. The van der Waals surface area contributed by atoms with Gasteiger partial charge in [-0.05, 0) is 7.05 Å². The highest BCUT2D eigenvalue weighted by molar-refractivity contribution is 5.78. The number of nitrogens with one attached hydrogen (secondary N) is 1. The predicted octanol–water partition coefficient (Wildman–Crippen LogP) is -0.882. The largest absolute Gasteiger partial charge is 0.368 e. The van der Waals surface area contributed by atoms with Crippen LogP contribution in [-0.4, -0.2) is 36.5 Å². The molecule has 6 nitrogen and oxygen atoms in total. The van der Waals surface area contributed by atoms with Crippen LogP contribution in [0.5, 0.6) is 0 Å². The molecule has 0 saturated carbocycles. The number of nitrogens with two attached hydrogens (primary N) is 1. The Labute approximate surface area is 88.5 Å². The lowest BCUT2D eigenvalue weighted by Crippen LogP contribution is -2.31. The SMILES string of the molecule is CNCc1cnc(N(C)CC(N)=O)nc1. The monoisotopic (exact) mass is 209 g/mol. The molecular weight excluding hydrogens is 194 g/mol.